The number of carbonyl (C=O) groups excluding carboxylic acids is 1. The summed E-state index contributed by atoms with van der Waals surface area (Å²) >= 11 is 0. The summed E-state index contributed by atoms with van der Waals surface area (Å²) in [5.74, 6) is -0.612. The van der Waals surface area contributed by atoms with Crippen LogP contribution in [0.3, 0.4) is 0 Å². The molecule has 0 saturated carbocycles. The van der Waals surface area contributed by atoms with E-state index in [2.05, 4.69) is 17.4 Å². The van der Waals surface area contributed by atoms with Crippen molar-refractivity contribution in [3.8, 4) is 0 Å². The topological polar surface area (TPSA) is 66.4 Å². The predicted octanol–water partition coefficient (Wildman–Crippen LogP) is 2.16. The molecule has 0 bridgehead atoms. The van der Waals surface area contributed by atoms with Crippen LogP contribution in [0.25, 0.3) is 0 Å². The van der Waals surface area contributed by atoms with Crippen LogP contribution in [0.1, 0.15) is 36.8 Å². The second kappa shape index (κ2) is 7.08. The van der Waals surface area contributed by atoms with Crippen LogP contribution in [0.5, 0.6) is 0 Å². The zero-order chi connectivity index (χ0) is 14.4. The first-order chi connectivity index (χ1) is 9.66. The van der Waals surface area contributed by atoms with Gasteiger partial charge in [-0.25, -0.2) is 0 Å². The van der Waals surface area contributed by atoms with Crippen molar-refractivity contribution in [1.82, 2.24) is 5.32 Å². The Morgan fingerprint density at radius 1 is 1.20 bits per heavy atom. The van der Waals surface area contributed by atoms with Crippen LogP contribution in [-0.2, 0) is 22.4 Å². The van der Waals surface area contributed by atoms with Gasteiger partial charge in [0.25, 0.3) is 0 Å². The number of aryl methyl sites for hydroxylation is 1. The first-order valence-corrected chi connectivity index (χ1v) is 7.23. The van der Waals surface area contributed by atoms with E-state index in [1.165, 1.54) is 11.1 Å². The number of amides is 1. The summed E-state index contributed by atoms with van der Waals surface area (Å²) in [7, 11) is 0. The summed E-state index contributed by atoms with van der Waals surface area (Å²) in [5, 5.41) is 11.5. The van der Waals surface area contributed by atoms with Crippen LogP contribution in [0, 0.1) is 5.92 Å². The van der Waals surface area contributed by atoms with Gasteiger partial charge in [-0.2, -0.15) is 0 Å². The smallest absolute Gasteiger partial charge is 0.303 e. The third-order valence-electron chi connectivity index (χ3n) is 3.83. The number of unbranched alkanes of at least 4 members (excludes halogenated alkanes) is 1. The van der Waals surface area contributed by atoms with Gasteiger partial charge in [0, 0.05) is 18.9 Å². The fourth-order valence-corrected chi connectivity index (χ4v) is 2.68. The fraction of sp³-hybridized carbons (Fsp3) is 0.500. The minimum absolute atomic E-state index is 0.0596. The number of fused-ring (bicyclic) bond motifs is 1. The Bertz CT molecular complexity index is 484. The van der Waals surface area contributed by atoms with Crippen LogP contribution in [0.2, 0.25) is 0 Å². The summed E-state index contributed by atoms with van der Waals surface area (Å²) in [6.07, 6.45) is 4.19. The highest BCUT2D eigenvalue weighted by atomic mass is 16.4. The van der Waals surface area contributed by atoms with E-state index >= 15 is 0 Å². The molecular weight excluding hydrogens is 254 g/mol. The zero-order valence-electron chi connectivity index (χ0n) is 11.6. The van der Waals surface area contributed by atoms with E-state index in [1.807, 2.05) is 12.1 Å². The molecule has 0 saturated heterocycles. The molecule has 1 aromatic carbocycles. The van der Waals surface area contributed by atoms with Crippen LogP contribution in [0.15, 0.2) is 24.3 Å². The number of hydrogen-bond donors (Lipinski definition) is 2. The molecule has 1 aromatic rings. The molecule has 0 spiro atoms. The molecule has 1 aliphatic carbocycles. The Morgan fingerprint density at radius 3 is 2.70 bits per heavy atom. The molecule has 1 unspecified atom stereocenters. The first-order valence-electron chi connectivity index (χ1n) is 7.23. The largest absolute Gasteiger partial charge is 0.481 e. The summed E-state index contributed by atoms with van der Waals surface area (Å²) < 4.78 is 0. The number of carbonyl (C=O) groups is 2. The number of carboxylic acids is 1. The summed E-state index contributed by atoms with van der Waals surface area (Å²) in [5.41, 5.74) is 2.64. The SMILES string of the molecule is O=C(O)CCCCNC(=O)C1CCc2ccccc2C1. The van der Waals surface area contributed by atoms with E-state index in [-0.39, 0.29) is 18.2 Å². The van der Waals surface area contributed by atoms with Crippen LogP contribution < -0.4 is 5.32 Å². The number of nitrogens with one attached hydrogen (secondary N) is 1. The molecular formula is C16H21NO3. The Labute approximate surface area is 119 Å². The van der Waals surface area contributed by atoms with Gasteiger partial charge in [-0.05, 0) is 43.2 Å². The summed E-state index contributed by atoms with van der Waals surface area (Å²) in [6.45, 7) is 0.574. The van der Waals surface area contributed by atoms with Gasteiger partial charge in [-0.3, -0.25) is 9.59 Å². The summed E-state index contributed by atoms with van der Waals surface area (Å²) in [4.78, 5) is 22.5. The van der Waals surface area contributed by atoms with Crippen molar-refractivity contribution in [2.24, 2.45) is 5.92 Å². The van der Waals surface area contributed by atoms with Crippen LogP contribution in [0.4, 0.5) is 0 Å². The molecule has 1 atom stereocenters. The van der Waals surface area contributed by atoms with E-state index in [9.17, 15) is 9.59 Å². The Kier molecular flexibility index (Phi) is 5.16. The molecule has 108 valence electrons. The fourth-order valence-electron chi connectivity index (χ4n) is 2.68. The van der Waals surface area contributed by atoms with Crippen molar-refractivity contribution >= 4 is 11.9 Å². The van der Waals surface area contributed by atoms with Crippen molar-refractivity contribution in [2.75, 3.05) is 6.54 Å². The predicted molar refractivity (Wildman–Crippen MR) is 76.5 cm³/mol. The lowest BCUT2D eigenvalue weighted by molar-refractivity contribution is -0.137. The number of aliphatic carboxylic acids is 1. The van der Waals surface area contributed by atoms with E-state index in [0.717, 1.165) is 25.7 Å². The van der Waals surface area contributed by atoms with Crippen molar-refractivity contribution in [3.05, 3.63) is 35.4 Å². The van der Waals surface area contributed by atoms with E-state index in [4.69, 9.17) is 5.11 Å². The maximum atomic E-state index is 12.1. The maximum Gasteiger partial charge on any atom is 0.303 e. The van der Waals surface area contributed by atoms with Gasteiger partial charge in [0.2, 0.25) is 5.91 Å². The Balaban J connectivity index is 1.73. The molecule has 1 aliphatic rings. The molecule has 2 rings (SSSR count). The van der Waals surface area contributed by atoms with Gasteiger partial charge in [-0.1, -0.05) is 24.3 Å². The van der Waals surface area contributed by atoms with E-state index in [1.54, 1.807) is 0 Å². The second-order valence-corrected chi connectivity index (χ2v) is 5.35. The molecule has 4 nitrogen and oxygen atoms in total. The molecule has 2 N–H and O–H groups in total. The monoisotopic (exact) mass is 275 g/mol. The minimum atomic E-state index is -0.778. The molecule has 20 heavy (non-hydrogen) atoms. The standard InChI is InChI=1S/C16H21NO3/c18-15(19)7-3-4-10-17-16(20)14-9-8-12-5-1-2-6-13(12)11-14/h1-2,5-6,14H,3-4,7-11H2,(H,17,20)(H,18,19). The van der Waals surface area contributed by atoms with Gasteiger partial charge in [0.05, 0.1) is 0 Å². The molecule has 0 heterocycles. The molecule has 0 fully saturated rings. The number of hydrogen-bond acceptors (Lipinski definition) is 2. The minimum Gasteiger partial charge on any atom is -0.481 e. The van der Waals surface area contributed by atoms with Crippen LogP contribution in [-0.4, -0.2) is 23.5 Å². The van der Waals surface area contributed by atoms with Crippen molar-refractivity contribution < 1.29 is 14.7 Å². The van der Waals surface area contributed by atoms with E-state index in [0.29, 0.717) is 13.0 Å². The Morgan fingerprint density at radius 2 is 1.95 bits per heavy atom. The highest BCUT2D eigenvalue weighted by Gasteiger charge is 2.23. The lowest BCUT2D eigenvalue weighted by atomic mass is 9.83. The molecule has 0 aliphatic heterocycles. The van der Waals surface area contributed by atoms with Crippen LogP contribution >= 0.6 is 0 Å². The maximum absolute atomic E-state index is 12.1. The molecule has 0 aromatic heterocycles. The highest BCUT2D eigenvalue weighted by Crippen LogP contribution is 2.25. The molecule has 1 amide bonds. The third-order valence-corrected chi connectivity index (χ3v) is 3.83. The number of carboxylic acid groups (broad SMARTS) is 1. The molecule has 4 heteroatoms. The second-order valence-electron chi connectivity index (χ2n) is 5.35. The summed E-state index contributed by atoms with van der Waals surface area (Å²) in [6, 6.07) is 8.30. The number of benzene rings is 1. The lowest BCUT2D eigenvalue weighted by Crippen LogP contribution is -2.34. The lowest BCUT2D eigenvalue weighted by Gasteiger charge is -2.23. The van der Waals surface area contributed by atoms with Crippen molar-refractivity contribution in [1.29, 1.82) is 0 Å². The average Bonchev–Trinajstić information content (AvgIpc) is 2.46. The highest BCUT2D eigenvalue weighted by molar-refractivity contribution is 5.79. The Hall–Kier alpha value is -1.84. The average molecular weight is 275 g/mol. The molecule has 0 radical (unpaired) electrons. The third kappa shape index (κ3) is 4.08. The normalized spacial score (nSPS) is 17.3. The van der Waals surface area contributed by atoms with Gasteiger partial charge >= 0.3 is 5.97 Å². The zero-order valence-corrected chi connectivity index (χ0v) is 11.6. The van der Waals surface area contributed by atoms with Crippen molar-refractivity contribution in [3.63, 3.8) is 0 Å². The number of rotatable bonds is 6. The van der Waals surface area contributed by atoms with Gasteiger partial charge in [-0.15, -0.1) is 0 Å². The van der Waals surface area contributed by atoms with E-state index < -0.39 is 5.97 Å². The van der Waals surface area contributed by atoms with Gasteiger partial charge in [0.1, 0.15) is 0 Å². The van der Waals surface area contributed by atoms with Gasteiger partial charge < -0.3 is 10.4 Å². The van der Waals surface area contributed by atoms with Gasteiger partial charge in [0.15, 0.2) is 0 Å². The van der Waals surface area contributed by atoms with Crippen molar-refractivity contribution in [2.45, 2.75) is 38.5 Å². The first kappa shape index (κ1) is 14.6. The quantitative estimate of drug-likeness (QED) is 0.782.